The van der Waals surface area contributed by atoms with Gasteiger partial charge in [0.1, 0.15) is 5.82 Å². The van der Waals surface area contributed by atoms with Gasteiger partial charge in [0.2, 0.25) is 5.95 Å². The maximum atomic E-state index is 12.7. The van der Waals surface area contributed by atoms with E-state index in [4.69, 9.17) is 0 Å². The number of rotatable bonds is 4. The summed E-state index contributed by atoms with van der Waals surface area (Å²) in [7, 11) is 0. The normalized spacial score (nSPS) is 17.9. The van der Waals surface area contributed by atoms with Crippen molar-refractivity contribution in [1.29, 1.82) is 0 Å². The van der Waals surface area contributed by atoms with Crippen LogP contribution in [0, 0.1) is 11.9 Å². The fraction of sp³-hybridized carbons (Fsp3) is 0.545. The second-order valence-electron chi connectivity index (χ2n) is 4.07. The van der Waals surface area contributed by atoms with Crippen molar-refractivity contribution in [3.05, 3.63) is 24.1 Å². The van der Waals surface area contributed by atoms with E-state index in [2.05, 4.69) is 17.2 Å². The molecule has 1 fully saturated rings. The molecular weight excluding hydrogens is 179 g/mol. The van der Waals surface area contributed by atoms with Gasteiger partial charge in [-0.1, -0.05) is 18.9 Å². The molecule has 0 radical (unpaired) electrons. The molecule has 3 heteroatoms. The molecule has 1 aromatic heterocycles. The number of nitrogens with one attached hydrogen (secondary N) is 1. The molecule has 0 bridgehead atoms. The number of pyridine rings is 1. The zero-order valence-corrected chi connectivity index (χ0v) is 8.33. The Morgan fingerprint density at radius 2 is 2.36 bits per heavy atom. The average Bonchev–Trinajstić information content (AvgIpc) is 2.87. The van der Waals surface area contributed by atoms with Gasteiger partial charge in [-0.2, -0.15) is 4.39 Å². The maximum absolute atomic E-state index is 12.7. The van der Waals surface area contributed by atoms with Gasteiger partial charge in [-0.15, -0.1) is 0 Å². The summed E-state index contributed by atoms with van der Waals surface area (Å²) in [5.74, 6) is 1.10. The van der Waals surface area contributed by atoms with E-state index in [9.17, 15) is 4.39 Å². The summed E-state index contributed by atoms with van der Waals surface area (Å²) in [5.41, 5.74) is 0. The first-order chi connectivity index (χ1) is 6.74. The Hall–Kier alpha value is -1.12. The standard InChI is InChI=1S/C11H15FN2/c1-8(7-9-5-6-9)13-11-4-2-3-10(12)14-11/h2-4,8-9H,5-7H2,1H3,(H,13,14). The average molecular weight is 194 g/mol. The number of anilines is 1. The maximum Gasteiger partial charge on any atom is 0.214 e. The van der Waals surface area contributed by atoms with E-state index in [1.165, 1.54) is 18.9 Å². The third-order valence-electron chi connectivity index (χ3n) is 2.49. The summed E-state index contributed by atoms with van der Waals surface area (Å²) in [6.07, 6.45) is 3.86. The number of hydrogen-bond donors (Lipinski definition) is 1. The molecule has 0 aliphatic heterocycles. The smallest absolute Gasteiger partial charge is 0.214 e. The highest BCUT2D eigenvalue weighted by atomic mass is 19.1. The van der Waals surface area contributed by atoms with Crippen LogP contribution in [0.2, 0.25) is 0 Å². The van der Waals surface area contributed by atoms with Crippen molar-refractivity contribution in [2.45, 2.75) is 32.2 Å². The summed E-state index contributed by atoms with van der Waals surface area (Å²) in [6, 6.07) is 5.22. The van der Waals surface area contributed by atoms with Crippen LogP contribution in [0.5, 0.6) is 0 Å². The largest absolute Gasteiger partial charge is 0.368 e. The molecule has 0 saturated heterocycles. The van der Waals surface area contributed by atoms with Crippen molar-refractivity contribution in [2.75, 3.05) is 5.32 Å². The molecule has 2 rings (SSSR count). The Bertz CT molecular complexity index is 310. The van der Waals surface area contributed by atoms with Gasteiger partial charge >= 0.3 is 0 Å². The minimum absolute atomic E-state index is 0.386. The molecule has 1 N–H and O–H groups in total. The molecule has 1 aliphatic carbocycles. The van der Waals surface area contributed by atoms with Gasteiger partial charge in [0.05, 0.1) is 0 Å². The first-order valence-electron chi connectivity index (χ1n) is 5.13. The number of nitrogens with zero attached hydrogens (tertiary/aromatic N) is 1. The van der Waals surface area contributed by atoms with Crippen LogP contribution in [0.1, 0.15) is 26.2 Å². The lowest BCUT2D eigenvalue weighted by atomic mass is 10.1. The highest BCUT2D eigenvalue weighted by Crippen LogP contribution is 2.33. The van der Waals surface area contributed by atoms with Crippen molar-refractivity contribution in [3.63, 3.8) is 0 Å². The van der Waals surface area contributed by atoms with Crippen LogP contribution in [0.4, 0.5) is 10.2 Å². The monoisotopic (exact) mass is 194 g/mol. The highest BCUT2D eigenvalue weighted by Gasteiger charge is 2.23. The second kappa shape index (κ2) is 3.95. The van der Waals surface area contributed by atoms with Crippen molar-refractivity contribution < 1.29 is 4.39 Å². The van der Waals surface area contributed by atoms with Gasteiger partial charge in [0.15, 0.2) is 0 Å². The molecule has 0 spiro atoms. The van der Waals surface area contributed by atoms with Crippen molar-refractivity contribution >= 4 is 5.82 Å². The molecule has 1 saturated carbocycles. The van der Waals surface area contributed by atoms with Crippen molar-refractivity contribution in [2.24, 2.45) is 5.92 Å². The van der Waals surface area contributed by atoms with E-state index < -0.39 is 5.95 Å². The van der Waals surface area contributed by atoms with Gasteiger partial charge < -0.3 is 5.32 Å². The van der Waals surface area contributed by atoms with Crippen LogP contribution in [-0.2, 0) is 0 Å². The lowest BCUT2D eigenvalue weighted by Gasteiger charge is -2.13. The third-order valence-corrected chi connectivity index (χ3v) is 2.49. The lowest BCUT2D eigenvalue weighted by Crippen LogP contribution is -2.16. The summed E-state index contributed by atoms with van der Waals surface area (Å²) in [5, 5.41) is 3.20. The summed E-state index contributed by atoms with van der Waals surface area (Å²) >= 11 is 0. The molecule has 1 atom stereocenters. The van der Waals surface area contributed by atoms with Gasteiger partial charge in [0, 0.05) is 6.04 Å². The molecule has 0 aromatic carbocycles. The molecule has 1 aliphatic rings. The van der Waals surface area contributed by atoms with Gasteiger partial charge in [0.25, 0.3) is 0 Å². The van der Waals surface area contributed by atoms with E-state index in [1.807, 2.05) is 0 Å². The van der Waals surface area contributed by atoms with E-state index >= 15 is 0 Å². The predicted molar refractivity (Wildman–Crippen MR) is 54.6 cm³/mol. The Labute approximate surface area is 83.6 Å². The van der Waals surface area contributed by atoms with Gasteiger partial charge in [-0.25, -0.2) is 4.98 Å². The van der Waals surface area contributed by atoms with Crippen LogP contribution in [0.3, 0.4) is 0 Å². The predicted octanol–water partition coefficient (Wildman–Crippen LogP) is 2.82. The fourth-order valence-corrected chi connectivity index (χ4v) is 1.65. The second-order valence-corrected chi connectivity index (χ2v) is 4.07. The van der Waals surface area contributed by atoms with Crippen molar-refractivity contribution in [1.82, 2.24) is 4.98 Å². The van der Waals surface area contributed by atoms with Crippen LogP contribution in [-0.4, -0.2) is 11.0 Å². The molecule has 0 amide bonds. The van der Waals surface area contributed by atoms with E-state index in [0.29, 0.717) is 11.9 Å². The number of halogens is 1. The van der Waals surface area contributed by atoms with Gasteiger partial charge in [-0.3, -0.25) is 0 Å². The minimum Gasteiger partial charge on any atom is -0.368 e. The highest BCUT2D eigenvalue weighted by molar-refractivity contribution is 5.34. The first-order valence-corrected chi connectivity index (χ1v) is 5.13. The van der Waals surface area contributed by atoms with Crippen LogP contribution in [0.15, 0.2) is 18.2 Å². The minimum atomic E-state index is -0.423. The Balaban J connectivity index is 1.88. The van der Waals surface area contributed by atoms with Crippen LogP contribution >= 0.6 is 0 Å². The molecule has 1 aromatic rings. The van der Waals surface area contributed by atoms with E-state index in [1.54, 1.807) is 12.1 Å². The molecule has 2 nitrogen and oxygen atoms in total. The summed E-state index contributed by atoms with van der Waals surface area (Å²) in [4.78, 5) is 3.76. The van der Waals surface area contributed by atoms with Gasteiger partial charge in [-0.05, 0) is 31.4 Å². The first kappa shape index (κ1) is 9.44. The Morgan fingerprint density at radius 3 is 3.00 bits per heavy atom. The van der Waals surface area contributed by atoms with E-state index in [-0.39, 0.29) is 0 Å². The Morgan fingerprint density at radius 1 is 1.57 bits per heavy atom. The zero-order valence-electron chi connectivity index (χ0n) is 8.33. The zero-order chi connectivity index (χ0) is 9.97. The fourth-order valence-electron chi connectivity index (χ4n) is 1.65. The molecule has 76 valence electrons. The van der Waals surface area contributed by atoms with E-state index in [0.717, 1.165) is 12.3 Å². The Kier molecular flexibility index (Phi) is 2.66. The summed E-state index contributed by atoms with van der Waals surface area (Å²) in [6.45, 7) is 2.12. The molecule has 14 heavy (non-hydrogen) atoms. The van der Waals surface area contributed by atoms with Crippen molar-refractivity contribution in [3.8, 4) is 0 Å². The summed E-state index contributed by atoms with van der Waals surface area (Å²) < 4.78 is 12.7. The molecule has 1 unspecified atom stereocenters. The number of hydrogen-bond acceptors (Lipinski definition) is 2. The SMILES string of the molecule is CC(CC1CC1)Nc1cccc(F)n1. The lowest BCUT2D eigenvalue weighted by molar-refractivity contribution is 0.581. The van der Waals surface area contributed by atoms with Crippen LogP contribution < -0.4 is 5.32 Å². The topological polar surface area (TPSA) is 24.9 Å². The molecule has 1 heterocycles. The third kappa shape index (κ3) is 2.69. The van der Waals surface area contributed by atoms with Crippen LogP contribution in [0.25, 0.3) is 0 Å². The quantitative estimate of drug-likeness (QED) is 0.745. The number of aromatic nitrogens is 1. The molecular formula is C11H15FN2.